The first-order valence-electron chi connectivity index (χ1n) is 11.8. The predicted molar refractivity (Wildman–Crippen MR) is 147 cm³/mol. The Hall–Kier alpha value is -4.00. The molecule has 0 amide bonds. The highest BCUT2D eigenvalue weighted by Gasteiger charge is 2.17. The van der Waals surface area contributed by atoms with E-state index >= 15 is 0 Å². The molecule has 0 saturated heterocycles. The summed E-state index contributed by atoms with van der Waals surface area (Å²) in [6, 6.07) is 10.6. The number of ether oxygens (including phenoxy) is 2. The van der Waals surface area contributed by atoms with Gasteiger partial charge in [0.15, 0.2) is 22.7 Å². The zero-order chi connectivity index (χ0) is 29.0. The second-order valence-electron chi connectivity index (χ2n) is 7.96. The smallest absolute Gasteiger partial charge is 0.358 e. The van der Waals surface area contributed by atoms with Gasteiger partial charge in [-0.2, -0.15) is 14.7 Å². The van der Waals surface area contributed by atoms with Crippen LogP contribution in [0.4, 0.5) is 15.9 Å². The molecule has 0 saturated carbocycles. The number of anilines is 2. The number of aromatic nitrogens is 6. The minimum atomic E-state index is -0.563. The topological polar surface area (TPSA) is 125 Å². The van der Waals surface area contributed by atoms with Crippen LogP contribution in [0.15, 0.2) is 42.5 Å². The molecule has 1 aromatic carbocycles. The molecule has 0 radical (unpaired) electrons. The molecule has 0 bridgehead atoms. The van der Waals surface area contributed by atoms with E-state index in [2.05, 4.69) is 25.5 Å². The largest absolute Gasteiger partial charge is 0.461 e. The van der Waals surface area contributed by atoms with E-state index in [4.69, 9.17) is 44.3 Å². The van der Waals surface area contributed by atoms with Gasteiger partial charge in [-0.05, 0) is 32.4 Å². The Labute approximate surface area is 241 Å². The maximum absolute atomic E-state index is 14.1. The number of nitrogens with zero attached hydrogens (tertiary/aromatic N) is 6. The molecule has 0 aliphatic carbocycles. The number of carbonyl (C=O) groups is 2. The average molecular weight is 609 g/mol. The Balaban J connectivity index is 0.000000201. The van der Waals surface area contributed by atoms with Crippen molar-refractivity contribution in [1.82, 2.24) is 29.2 Å². The van der Waals surface area contributed by atoms with E-state index in [1.807, 2.05) is 0 Å². The van der Waals surface area contributed by atoms with Gasteiger partial charge in [-0.1, -0.05) is 46.9 Å². The number of benzene rings is 1. The van der Waals surface area contributed by atoms with Crippen LogP contribution >= 0.6 is 34.8 Å². The average Bonchev–Trinajstić information content (AvgIpc) is 3.52. The summed E-state index contributed by atoms with van der Waals surface area (Å²) in [5.74, 6) is -1.10. The van der Waals surface area contributed by atoms with Crippen LogP contribution in [-0.4, -0.2) is 54.3 Å². The number of nitrogens with one attached hydrogen (secondary N) is 1. The molecule has 11 nitrogen and oxygen atoms in total. The Kier molecular flexibility index (Phi) is 9.03. The molecular weight excluding hydrogens is 588 g/mol. The minimum Gasteiger partial charge on any atom is -0.461 e. The molecule has 0 aliphatic heterocycles. The van der Waals surface area contributed by atoms with E-state index in [1.165, 1.54) is 39.4 Å². The number of aryl methyl sites for hydroxylation is 1. The maximum atomic E-state index is 14.1. The fraction of sp³-hybridized carbons (Fsp3) is 0.200. The van der Waals surface area contributed by atoms with Crippen molar-refractivity contribution in [3.8, 4) is 0 Å². The monoisotopic (exact) mass is 607 g/mol. The van der Waals surface area contributed by atoms with Crippen LogP contribution in [0.3, 0.4) is 0 Å². The molecule has 0 spiro atoms. The lowest BCUT2D eigenvalue weighted by atomic mass is 10.2. The second-order valence-corrected chi connectivity index (χ2v) is 9.12. The van der Waals surface area contributed by atoms with Crippen molar-refractivity contribution < 1.29 is 23.5 Å². The Morgan fingerprint density at radius 3 is 2.00 bits per heavy atom. The molecule has 4 aromatic heterocycles. The van der Waals surface area contributed by atoms with Gasteiger partial charge in [0.2, 0.25) is 0 Å². The van der Waals surface area contributed by atoms with E-state index in [0.717, 1.165) is 0 Å². The number of rotatable bonds is 6. The van der Waals surface area contributed by atoms with Gasteiger partial charge in [0.1, 0.15) is 27.1 Å². The van der Waals surface area contributed by atoms with Gasteiger partial charge in [-0.3, -0.25) is 0 Å². The van der Waals surface area contributed by atoms with Crippen LogP contribution in [0.5, 0.6) is 0 Å². The van der Waals surface area contributed by atoms with Crippen LogP contribution in [0, 0.1) is 12.7 Å². The van der Waals surface area contributed by atoms with Gasteiger partial charge in [-0.25, -0.2) is 28.5 Å². The molecule has 0 fully saturated rings. The molecule has 1 N–H and O–H groups in total. The second kappa shape index (κ2) is 12.5. The molecule has 0 aliphatic rings. The van der Waals surface area contributed by atoms with Gasteiger partial charge in [0.05, 0.1) is 18.9 Å². The third-order valence-electron chi connectivity index (χ3n) is 5.19. The van der Waals surface area contributed by atoms with Gasteiger partial charge in [-0.15, -0.1) is 0 Å². The quantitative estimate of drug-likeness (QED) is 0.183. The number of carbonyl (C=O) groups excluding carboxylic acids is 2. The Morgan fingerprint density at radius 1 is 0.875 bits per heavy atom. The zero-order valence-corrected chi connectivity index (χ0v) is 23.6. The van der Waals surface area contributed by atoms with Gasteiger partial charge in [0.25, 0.3) is 0 Å². The van der Waals surface area contributed by atoms with Crippen molar-refractivity contribution in [1.29, 1.82) is 0 Å². The molecular formula is C25H21Cl3FN7O4. The van der Waals surface area contributed by atoms with Crippen molar-refractivity contribution in [2.75, 3.05) is 18.5 Å². The summed E-state index contributed by atoms with van der Waals surface area (Å²) in [5.41, 5.74) is 2.02. The first-order chi connectivity index (χ1) is 19.1. The van der Waals surface area contributed by atoms with Gasteiger partial charge in [0, 0.05) is 24.3 Å². The number of hydrogen-bond acceptors (Lipinski definition) is 9. The normalized spacial score (nSPS) is 10.8. The lowest BCUT2D eigenvalue weighted by Crippen LogP contribution is -2.07. The fourth-order valence-electron chi connectivity index (χ4n) is 3.47. The summed E-state index contributed by atoms with van der Waals surface area (Å²) >= 11 is 17.6. The Bertz CT molecular complexity index is 1700. The maximum Gasteiger partial charge on any atom is 0.358 e. The molecule has 208 valence electrons. The molecule has 5 rings (SSSR count). The number of halogens is 4. The van der Waals surface area contributed by atoms with Crippen LogP contribution in [0.1, 0.15) is 40.4 Å². The first-order valence-corrected chi connectivity index (χ1v) is 12.9. The molecule has 4 heterocycles. The SMILES string of the molecule is CCOC(=O)c1cc2nc(Cl)cc(Cl)n2n1.CCOC(=O)c1cc2nc(Cl)cc(Nc3c(C)cccc3F)n2n1. The van der Waals surface area contributed by atoms with Crippen LogP contribution in [0.25, 0.3) is 11.3 Å². The molecule has 0 atom stereocenters. The number of hydrogen-bond donors (Lipinski definition) is 1. The minimum absolute atomic E-state index is 0.0972. The van der Waals surface area contributed by atoms with Crippen LogP contribution in [-0.2, 0) is 9.47 Å². The lowest BCUT2D eigenvalue weighted by molar-refractivity contribution is 0.0509. The highest BCUT2D eigenvalue weighted by Crippen LogP contribution is 2.26. The summed E-state index contributed by atoms with van der Waals surface area (Å²) < 4.78 is 26.5. The molecule has 0 unspecified atom stereocenters. The van der Waals surface area contributed by atoms with Crippen molar-refractivity contribution in [2.45, 2.75) is 20.8 Å². The highest BCUT2D eigenvalue weighted by atomic mass is 35.5. The summed E-state index contributed by atoms with van der Waals surface area (Å²) in [6.07, 6.45) is 0. The molecule has 5 aromatic rings. The number of fused-ring (bicyclic) bond motifs is 2. The fourth-order valence-corrected chi connectivity index (χ4v) is 4.13. The van der Waals surface area contributed by atoms with E-state index in [-0.39, 0.29) is 40.1 Å². The van der Waals surface area contributed by atoms with Crippen molar-refractivity contribution in [2.24, 2.45) is 0 Å². The van der Waals surface area contributed by atoms with Gasteiger partial charge < -0.3 is 14.8 Å². The van der Waals surface area contributed by atoms with Crippen LogP contribution < -0.4 is 5.32 Å². The van der Waals surface area contributed by atoms with E-state index in [9.17, 15) is 14.0 Å². The van der Waals surface area contributed by atoms with Crippen molar-refractivity contribution >= 4 is 69.5 Å². The molecule has 15 heteroatoms. The number of para-hydroxylation sites is 1. The summed E-state index contributed by atoms with van der Waals surface area (Å²) in [6.45, 7) is 5.72. The van der Waals surface area contributed by atoms with Crippen molar-refractivity contribution in [3.63, 3.8) is 0 Å². The number of esters is 2. The van der Waals surface area contributed by atoms with E-state index in [1.54, 1.807) is 32.9 Å². The lowest BCUT2D eigenvalue weighted by Gasteiger charge is -2.12. The predicted octanol–water partition coefficient (Wildman–Crippen LogP) is 5.96. The molecule has 40 heavy (non-hydrogen) atoms. The Morgan fingerprint density at radius 2 is 1.43 bits per heavy atom. The third-order valence-corrected chi connectivity index (χ3v) is 5.85. The summed E-state index contributed by atoms with van der Waals surface area (Å²) in [4.78, 5) is 31.3. The van der Waals surface area contributed by atoms with Crippen LogP contribution in [0.2, 0.25) is 15.5 Å². The first kappa shape index (κ1) is 29.0. The highest BCUT2D eigenvalue weighted by molar-refractivity contribution is 6.33. The zero-order valence-electron chi connectivity index (χ0n) is 21.3. The van der Waals surface area contributed by atoms with E-state index in [0.29, 0.717) is 28.4 Å². The van der Waals surface area contributed by atoms with Gasteiger partial charge >= 0.3 is 11.9 Å². The summed E-state index contributed by atoms with van der Waals surface area (Å²) in [7, 11) is 0. The standard InChI is InChI=1S/C16H14ClFN4O2.C9H7Cl2N3O2/c1-3-24-16(23)11-7-13-19-12(17)8-14(22(13)21-11)20-15-9(2)5-4-6-10(15)18;1-2-16-9(15)5-3-8-12-6(10)4-7(11)14(8)13-5/h4-8,20H,3H2,1-2H3;3-4H,2H2,1H3. The summed E-state index contributed by atoms with van der Waals surface area (Å²) in [5, 5.41) is 11.8. The van der Waals surface area contributed by atoms with Crippen molar-refractivity contribution in [3.05, 3.63) is 80.7 Å². The third kappa shape index (κ3) is 6.41. The van der Waals surface area contributed by atoms with E-state index < -0.39 is 17.8 Å².